The third kappa shape index (κ3) is 4.07. The molecule has 0 radical (unpaired) electrons. The quantitative estimate of drug-likeness (QED) is 0.824. The van der Waals surface area contributed by atoms with Gasteiger partial charge in [-0.05, 0) is 81.3 Å². The van der Waals surface area contributed by atoms with E-state index >= 15 is 0 Å². The van der Waals surface area contributed by atoms with Gasteiger partial charge in [-0.1, -0.05) is 19.9 Å². The van der Waals surface area contributed by atoms with Gasteiger partial charge in [0, 0.05) is 6.04 Å². The van der Waals surface area contributed by atoms with Gasteiger partial charge in [-0.15, -0.1) is 0 Å². The monoisotopic (exact) mass is 277 g/mol. The van der Waals surface area contributed by atoms with Crippen LogP contribution in [0.5, 0.6) is 0 Å². The summed E-state index contributed by atoms with van der Waals surface area (Å²) < 4.78 is 0. The Labute approximate surface area is 124 Å². The molecule has 0 heterocycles. The first-order chi connectivity index (χ1) is 9.25. The van der Waals surface area contributed by atoms with Crippen molar-refractivity contribution in [3.8, 4) is 0 Å². The van der Waals surface area contributed by atoms with Crippen molar-refractivity contribution < 1.29 is 5.11 Å². The molecule has 0 amide bonds. The molecule has 0 bridgehead atoms. The van der Waals surface area contributed by atoms with Gasteiger partial charge in [0.25, 0.3) is 0 Å². The maximum atomic E-state index is 10.7. The minimum Gasteiger partial charge on any atom is -0.387 e. The molecule has 2 N–H and O–H groups in total. The molecule has 1 aromatic carbocycles. The molecule has 1 rings (SSSR count). The molecule has 0 saturated carbocycles. The Morgan fingerprint density at radius 2 is 1.50 bits per heavy atom. The van der Waals surface area contributed by atoms with Crippen molar-refractivity contribution in [2.24, 2.45) is 5.92 Å². The zero-order valence-electron chi connectivity index (χ0n) is 14.2. The minimum absolute atomic E-state index is 0.0762. The molecule has 1 aromatic rings. The van der Waals surface area contributed by atoms with Crippen molar-refractivity contribution >= 4 is 0 Å². The first-order valence-electron chi connectivity index (χ1n) is 7.74. The topological polar surface area (TPSA) is 32.3 Å². The molecule has 2 nitrogen and oxygen atoms in total. The molecule has 0 spiro atoms. The van der Waals surface area contributed by atoms with Crippen molar-refractivity contribution in [1.82, 2.24) is 5.32 Å². The van der Waals surface area contributed by atoms with Crippen molar-refractivity contribution in [3.05, 3.63) is 33.9 Å². The number of hydrogen-bond acceptors (Lipinski definition) is 2. The number of hydrogen-bond donors (Lipinski definition) is 2. The van der Waals surface area contributed by atoms with Crippen LogP contribution < -0.4 is 5.32 Å². The average molecular weight is 277 g/mol. The van der Waals surface area contributed by atoms with E-state index in [1.54, 1.807) is 0 Å². The van der Waals surface area contributed by atoms with Crippen LogP contribution in [0.3, 0.4) is 0 Å². The van der Waals surface area contributed by atoms with Crippen molar-refractivity contribution in [2.45, 2.75) is 67.0 Å². The van der Waals surface area contributed by atoms with E-state index in [9.17, 15) is 5.11 Å². The van der Waals surface area contributed by atoms with Gasteiger partial charge >= 0.3 is 0 Å². The van der Waals surface area contributed by atoms with Crippen molar-refractivity contribution in [1.29, 1.82) is 0 Å². The van der Waals surface area contributed by atoms with Gasteiger partial charge in [-0.3, -0.25) is 0 Å². The SMILES string of the molecule is Cc1cc(C)c(C)c(C(O)C(C)NCCC(C)C)c1C. The molecule has 0 aliphatic carbocycles. The molecule has 0 saturated heterocycles. The molecule has 2 unspecified atom stereocenters. The lowest BCUT2D eigenvalue weighted by Crippen LogP contribution is -2.34. The Hall–Kier alpha value is -0.860. The highest BCUT2D eigenvalue weighted by atomic mass is 16.3. The molecule has 0 aliphatic heterocycles. The van der Waals surface area contributed by atoms with Gasteiger partial charge in [0.05, 0.1) is 6.10 Å². The van der Waals surface area contributed by atoms with Crippen LogP contribution in [0.1, 0.15) is 61.1 Å². The minimum atomic E-state index is -0.444. The molecule has 2 atom stereocenters. The Morgan fingerprint density at radius 3 is 1.95 bits per heavy atom. The van der Waals surface area contributed by atoms with Crippen LogP contribution in [0.25, 0.3) is 0 Å². The Morgan fingerprint density at radius 1 is 1.00 bits per heavy atom. The third-order valence-corrected chi connectivity index (χ3v) is 4.38. The fourth-order valence-electron chi connectivity index (χ4n) is 2.65. The van der Waals surface area contributed by atoms with Crippen LogP contribution in [-0.2, 0) is 0 Å². The summed E-state index contributed by atoms with van der Waals surface area (Å²) in [6, 6.07) is 2.28. The summed E-state index contributed by atoms with van der Waals surface area (Å²) in [5.74, 6) is 0.691. The van der Waals surface area contributed by atoms with E-state index in [2.05, 4.69) is 59.8 Å². The fraction of sp³-hybridized carbons (Fsp3) is 0.667. The Balaban J connectivity index is 2.89. The van der Waals surface area contributed by atoms with Gasteiger partial charge in [-0.25, -0.2) is 0 Å². The summed E-state index contributed by atoms with van der Waals surface area (Å²) in [6.45, 7) is 15.9. The average Bonchev–Trinajstić information content (AvgIpc) is 2.36. The Bertz CT molecular complexity index is 425. The predicted molar refractivity (Wildman–Crippen MR) is 87.3 cm³/mol. The van der Waals surface area contributed by atoms with E-state index in [-0.39, 0.29) is 6.04 Å². The molecule has 20 heavy (non-hydrogen) atoms. The molecular weight excluding hydrogens is 246 g/mol. The second-order valence-electron chi connectivity index (χ2n) is 6.54. The standard InChI is InChI=1S/C18H31NO/c1-11(2)8-9-19-16(7)18(20)17-14(5)12(3)10-13(4)15(17)6/h10-11,16,18-20H,8-9H2,1-7H3. The van der Waals surface area contributed by atoms with E-state index in [1.807, 2.05) is 0 Å². The first-order valence-corrected chi connectivity index (χ1v) is 7.74. The van der Waals surface area contributed by atoms with E-state index in [0.717, 1.165) is 18.5 Å². The van der Waals surface area contributed by atoms with Gasteiger partial charge < -0.3 is 10.4 Å². The number of aryl methyl sites for hydroxylation is 2. The molecular formula is C18H31NO. The van der Waals surface area contributed by atoms with Crippen LogP contribution in [0, 0.1) is 33.6 Å². The number of rotatable bonds is 6. The molecule has 0 aliphatic rings. The maximum absolute atomic E-state index is 10.7. The highest BCUT2D eigenvalue weighted by Gasteiger charge is 2.21. The van der Waals surface area contributed by atoms with Crippen LogP contribution >= 0.6 is 0 Å². The van der Waals surface area contributed by atoms with Gasteiger partial charge in [0.2, 0.25) is 0 Å². The van der Waals surface area contributed by atoms with Crippen LogP contribution in [0.15, 0.2) is 6.07 Å². The van der Waals surface area contributed by atoms with Crippen molar-refractivity contribution in [3.63, 3.8) is 0 Å². The smallest absolute Gasteiger partial charge is 0.0945 e. The summed E-state index contributed by atoms with van der Waals surface area (Å²) in [6.07, 6.45) is 0.697. The van der Waals surface area contributed by atoms with E-state index in [1.165, 1.54) is 22.3 Å². The zero-order chi connectivity index (χ0) is 15.4. The van der Waals surface area contributed by atoms with Crippen LogP contribution in [0.2, 0.25) is 0 Å². The van der Waals surface area contributed by atoms with Crippen LogP contribution in [-0.4, -0.2) is 17.7 Å². The molecule has 2 heteroatoms. The summed E-state index contributed by atoms with van der Waals surface area (Å²) >= 11 is 0. The lowest BCUT2D eigenvalue weighted by atomic mass is 9.88. The number of benzene rings is 1. The van der Waals surface area contributed by atoms with E-state index in [4.69, 9.17) is 0 Å². The number of aliphatic hydroxyl groups excluding tert-OH is 1. The van der Waals surface area contributed by atoms with E-state index in [0.29, 0.717) is 5.92 Å². The van der Waals surface area contributed by atoms with Crippen molar-refractivity contribution in [2.75, 3.05) is 6.54 Å². The third-order valence-electron chi connectivity index (χ3n) is 4.38. The largest absolute Gasteiger partial charge is 0.387 e. The Kier molecular flexibility index (Phi) is 6.22. The first kappa shape index (κ1) is 17.2. The highest BCUT2D eigenvalue weighted by molar-refractivity contribution is 5.45. The molecule has 0 aromatic heterocycles. The molecule has 114 valence electrons. The maximum Gasteiger partial charge on any atom is 0.0945 e. The normalized spacial score (nSPS) is 14.7. The fourth-order valence-corrected chi connectivity index (χ4v) is 2.65. The summed E-state index contributed by atoms with van der Waals surface area (Å²) in [4.78, 5) is 0. The summed E-state index contributed by atoms with van der Waals surface area (Å²) in [5.41, 5.74) is 6.07. The van der Waals surface area contributed by atoms with Gasteiger partial charge in [0.1, 0.15) is 0 Å². The second-order valence-corrected chi connectivity index (χ2v) is 6.54. The van der Waals surface area contributed by atoms with Gasteiger partial charge in [-0.2, -0.15) is 0 Å². The van der Waals surface area contributed by atoms with Crippen LogP contribution in [0.4, 0.5) is 0 Å². The predicted octanol–water partition coefficient (Wildman–Crippen LogP) is 3.98. The zero-order valence-corrected chi connectivity index (χ0v) is 14.2. The number of aliphatic hydroxyl groups is 1. The highest BCUT2D eigenvalue weighted by Crippen LogP contribution is 2.29. The van der Waals surface area contributed by atoms with E-state index < -0.39 is 6.10 Å². The lowest BCUT2D eigenvalue weighted by molar-refractivity contribution is 0.134. The molecule has 0 fully saturated rings. The second kappa shape index (κ2) is 7.24. The summed E-state index contributed by atoms with van der Waals surface area (Å²) in [7, 11) is 0. The lowest BCUT2D eigenvalue weighted by Gasteiger charge is -2.26. The van der Waals surface area contributed by atoms with Gasteiger partial charge in [0.15, 0.2) is 0 Å². The summed E-state index contributed by atoms with van der Waals surface area (Å²) in [5, 5.41) is 14.2. The number of nitrogens with one attached hydrogen (secondary N) is 1.